The molecular formula is C15H11FN2O. The number of rotatable bonds is 1. The van der Waals surface area contributed by atoms with Crippen LogP contribution in [0.15, 0.2) is 41.4 Å². The van der Waals surface area contributed by atoms with E-state index in [9.17, 15) is 9.18 Å². The van der Waals surface area contributed by atoms with Gasteiger partial charge >= 0.3 is 0 Å². The smallest absolute Gasteiger partial charge is 0.172 e. The Morgan fingerprint density at radius 3 is 2.84 bits per heavy atom. The van der Waals surface area contributed by atoms with Crippen molar-refractivity contribution in [2.24, 2.45) is 4.99 Å². The van der Waals surface area contributed by atoms with E-state index in [2.05, 4.69) is 9.98 Å². The van der Waals surface area contributed by atoms with Crippen molar-refractivity contribution in [2.75, 3.05) is 0 Å². The van der Waals surface area contributed by atoms with E-state index >= 15 is 0 Å². The van der Waals surface area contributed by atoms with Gasteiger partial charge in [-0.15, -0.1) is 0 Å². The third kappa shape index (κ3) is 2.17. The largest absolute Gasteiger partial charge is 0.294 e. The minimum atomic E-state index is -0.337. The maximum Gasteiger partial charge on any atom is 0.172 e. The number of Topliss-reactive ketones (excluding diaryl/α,β-unsaturated/α-hetero) is 1. The van der Waals surface area contributed by atoms with Crippen LogP contribution in [0.4, 0.5) is 10.2 Å². The predicted octanol–water partition coefficient (Wildman–Crippen LogP) is 3.24. The van der Waals surface area contributed by atoms with Gasteiger partial charge in [-0.2, -0.15) is 0 Å². The van der Waals surface area contributed by atoms with E-state index in [-0.39, 0.29) is 18.0 Å². The lowest BCUT2D eigenvalue weighted by molar-refractivity contribution is 0.0999. The molecular weight excluding hydrogens is 243 g/mol. The highest BCUT2D eigenvalue weighted by Crippen LogP contribution is 2.26. The van der Waals surface area contributed by atoms with Gasteiger partial charge in [-0.05, 0) is 36.8 Å². The number of hydrogen-bond donors (Lipinski definition) is 0. The van der Waals surface area contributed by atoms with Crippen LogP contribution in [0.1, 0.15) is 28.0 Å². The standard InChI is InChI=1S/C15H11FN2O/c1-9-5-6-12-14(19)8-13(18-15(12)17-9)10-3-2-4-11(16)7-10/h2-7H,8H2,1H3. The third-order valence-corrected chi connectivity index (χ3v) is 3.04. The second-order valence-electron chi connectivity index (χ2n) is 4.49. The highest BCUT2D eigenvalue weighted by Gasteiger charge is 2.22. The molecule has 3 nitrogen and oxygen atoms in total. The van der Waals surface area contributed by atoms with Crippen LogP contribution < -0.4 is 0 Å². The fourth-order valence-corrected chi connectivity index (χ4v) is 2.10. The second-order valence-corrected chi connectivity index (χ2v) is 4.49. The molecule has 1 aliphatic heterocycles. The molecule has 4 heteroatoms. The Morgan fingerprint density at radius 2 is 2.05 bits per heavy atom. The summed E-state index contributed by atoms with van der Waals surface area (Å²) >= 11 is 0. The minimum Gasteiger partial charge on any atom is -0.294 e. The Balaban J connectivity index is 2.12. The number of hydrogen-bond acceptors (Lipinski definition) is 3. The number of aliphatic imine (C=N–C) groups is 1. The van der Waals surface area contributed by atoms with Crippen molar-refractivity contribution in [3.05, 3.63) is 59.0 Å². The summed E-state index contributed by atoms with van der Waals surface area (Å²) in [5, 5.41) is 0. The summed E-state index contributed by atoms with van der Waals surface area (Å²) in [6, 6.07) is 9.64. The molecule has 0 fully saturated rings. The first kappa shape index (κ1) is 11.7. The number of carbonyl (C=O) groups excluding carboxylic acids is 1. The summed E-state index contributed by atoms with van der Waals surface area (Å²) in [5.41, 5.74) is 2.53. The Kier molecular flexibility index (Phi) is 2.71. The molecule has 0 saturated carbocycles. The van der Waals surface area contributed by atoms with Crippen molar-refractivity contribution in [2.45, 2.75) is 13.3 Å². The van der Waals surface area contributed by atoms with Crippen LogP contribution >= 0.6 is 0 Å². The number of pyridine rings is 1. The Hall–Kier alpha value is -2.36. The van der Waals surface area contributed by atoms with E-state index in [0.29, 0.717) is 22.7 Å². The molecule has 0 spiro atoms. The number of benzene rings is 1. The van der Waals surface area contributed by atoms with Gasteiger partial charge in [0, 0.05) is 5.69 Å². The van der Waals surface area contributed by atoms with E-state index in [1.807, 2.05) is 6.92 Å². The highest BCUT2D eigenvalue weighted by atomic mass is 19.1. The fraction of sp³-hybridized carbons (Fsp3) is 0.133. The number of ketones is 1. The summed E-state index contributed by atoms with van der Waals surface area (Å²) in [4.78, 5) is 20.7. The second kappa shape index (κ2) is 4.39. The van der Waals surface area contributed by atoms with Crippen LogP contribution in [0.3, 0.4) is 0 Å². The van der Waals surface area contributed by atoms with Gasteiger partial charge in [-0.25, -0.2) is 14.4 Å². The number of halogens is 1. The molecule has 0 radical (unpaired) electrons. The van der Waals surface area contributed by atoms with E-state index in [0.717, 1.165) is 5.69 Å². The third-order valence-electron chi connectivity index (χ3n) is 3.04. The molecule has 0 N–H and O–H groups in total. The molecule has 0 aliphatic carbocycles. The lowest BCUT2D eigenvalue weighted by Gasteiger charge is -2.14. The molecule has 2 heterocycles. The summed E-state index contributed by atoms with van der Waals surface area (Å²) in [7, 11) is 0. The number of fused-ring (bicyclic) bond motifs is 1. The highest BCUT2D eigenvalue weighted by molar-refractivity contribution is 6.20. The first-order chi connectivity index (χ1) is 9.13. The van der Waals surface area contributed by atoms with Crippen molar-refractivity contribution in [1.29, 1.82) is 0 Å². The Morgan fingerprint density at radius 1 is 1.21 bits per heavy atom. The molecule has 0 amide bonds. The van der Waals surface area contributed by atoms with Crippen molar-refractivity contribution in [3.8, 4) is 0 Å². The summed E-state index contributed by atoms with van der Waals surface area (Å²) in [6.45, 7) is 1.84. The SMILES string of the molecule is Cc1ccc2c(n1)N=C(c1cccc(F)c1)CC2=O. The molecule has 3 rings (SSSR count). The number of nitrogens with zero attached hydrogens (tertiary/aromatic N) is 2. The predicted molar refractivity (Wildman–Crippen MR) is 70.5 cm³/mol. The molecule has 1 aromatic heterocycles. The number of aromatic nitrogens is 1. The van der Waals surface area contributed by atoms with Gasteiger partial charge in [0.1, 0.15) is 5.82 Å². The van der Waals surface area contributed by atoms with Gasteiger partial charge in [-0.1, -0.05) is 12.1 Å². The van der Waals surface area contributed by atoms with Gasteiger partial charge in [0.25, 0.3) is 0 Å². The van der Waals surface area contributed by atoms with Crippen molar-refractivity contribution in [1.82, 2.24) is 4.98 Å². The Bertz CT molecular complexity index is 707. The van der Waals surface area contributed by atoms with Crippen LogP contribution in [-0.4, -0.2) is 16.5 Å². The van der Waals surface area contributed by atoms with Crippen molar-refractivity contribution in [3.63, 3.8) is 0 Å². The lowest BCUT2D eigenvalue weighted by Crippen LogP contribution is -2.15. The van der Waals surface area contributed by atoms with Crippen LogP contribution in [0.2, 0.25) is 0 Å². The quantitative estimate of drug-likeness (QED) is 0.784. The van der Waals surface area contributed by atoms with E-state index in [1.165, 1.54) is 12.1 Å². The van der Waals surface area contributed by atoms with E-state index < -0.39 is 0 Å². The molecule has 0 saturated heterocycles. The van der Waals surface area contributed by atoms with Gasteiger partial charge in [-0.3, -0.25) is 4.79 Å². The molecule has 19 heavy (non-hydrogen) atoms. The average Bonchev–Trinajstić information content (AvgIpc) is 2.38. The molecule has 1 aliphatic rings. The maximum absolute atomic E-state index is 13.2. The normalized spacial score (nSPS) is 14.0. The zero-order chi connectivity index (χ0) is 13.4. The molecule has 0 atom stereocenters. The molecule has 0 bridgehead atoms. The van der Waals surface area contributed by atoms with Gasteiger partial charge in [0.15, 0.2) is 11.6 Å². The van der Waals surface area contributed by atoms with E-state index in [1.54, 1.807) is 24.3 Å². The van der Waals surface area contributed by atoms with Crippen LogP contribution in [0.25, 0.3) is 0 Å². The average molecular weight is 254 g/mol. The zero-order valence-electron chi connectivity index (χ0n) is 10.4. The first-order valence-corrected chi connectivity index (χ1v) is 5.98. The van der Waals surface area contributed by atoms with Crippen molar-refractivity contribution < 1.29 is 9.18 Å². The fourth-order valence-electron chi connectivity index (χ4n) is 2.10. The molecule has 0 unspecified atom stereocenters. The zero-order valence-corrected chi connectivity index (χ0v) is 10.4. The Labute approximate surface area is 109 Å². The van der Waals surface area contributed by atoms with Gasteiger partial charge < -0.3 is 0 Å². The topological polar surface area (TPSA) is 42.3 Å². The molecule has 94 valence electrons. The summed E-state index contributed by atoms with van der Waals surface area (Å²) < 4.78 is 13.2. The summed E-state index contributed by atoms with van der Waals surface area (Å²) in [5.74, 6) is 0.0583. The van der Waals surface area contributed by atoms with Crippen LogP contribution in [0, 0.1) is 12.7 Å². The van der Waals surface area contributed by atoms with Crippen molar-refractivity contribution >= 4 is 17.3 Å². The van der Waals surface area contributed by atoms with Gasteiger partial charge in [0.2, 0.25) is 0 Å². The molecule has 2 aromatic rings. The number of aryl methyl sites for hydroxylation is 1. The molecule has 1 aromatic carbocycles. The monoisotopic (exact) mass is 254 g/mol. The van der Waals surface area contributed by atoms with Crippen LogP contribution in [-0.2, 0) is 0 Å². The van der Waals surface area contributed by atoms with Crippen LogP contribution in [0.5, 0.6) is 0 Å². The first-order valence-electron chi connectivity index (χ1n) is 5.98. The lowest BCUT2D eigenvalue weighted by atomic mass is 9.98. The van der Waals surface area contributed by atoms with Gasteiger partial charge in [0.05, 0.1) is 17.7 Å². The minimum absolute atomic E-state index is 0.0308. The summed E-state index contributed by atoms with van der Waals surface area (Å²) in [6.07, 6.45) is 0.182. The van der Waals surface area contributed by atoms with E-state index in [4.69, 9.17) is 0 Å². The number of carbonyl (C=O) groups is 1. The maximum atomic E-state index is 13.2.